The van der Waals surface area contributed by atoms with Crippen molar-refractivity contribution in [2.75, 3.05) is 31.1 Å². The molecule has 8 heteroatoms. The Labute approximate surface area is 263 Å². The highest BCUT2D eigenvalue weighted by Crippen LogP contribution is 2.29. The Balaban J connectivity index is 1.17. The third-order valence-corrected chi connectivity index (χ3v) is 7.89. The van der Waals surface area contributed by atoms with Crippen LogP contribution in [0.5, 0.6) is 17.4 Å². The fourth-order valence-electron chi connectivity index (χ4n) is 5.41. The van der Waals surface area contributed by atoms with Gasteiger partial charge in [-0.3, -0.25) is 4.90 Å². The first-order chi connectivity index (χ1) is 21.9. The summed E-state index contributed by atoms with van der Waals surface area (Å²) in [6, 6.07) is 38.7. The lowest BCUT2D eigenvalue weighted by atomic mass is 9.96. The van der Waals surface area contributed by atoms with Crippen molar-refractivity contribution in [2.45, 2.75) is 25.5 Å². The summed E-state index contributed by atoms with van der Waals surface area (Å²) in [5, 5.41) is 9.97. The second kappa shape index (κ2) is 13.6. The first-order valence-corrected chi connectivity index (χ1v) is 15.1. The van der Waals surface area contributed by atoms with Gasteiger partial charge in [-0.15, -0.1) is 0 Å². The highest BCUT2D eigenvalue weighted by atomic mass is 16.5. The minimum Gasteiger partial charge on any atom is -0.478 e. The predicted molar refractivity (Wildman–Crippen MR) is 175 cm³/mol. The lowest BCUT2D eigenvalue weighted by Gasteiger charge is -2.35. The third-order valence-electron chi connectivity index (χ3n) is 7.89. The molecule has 0 aliphatic carbocycles. The van der Waals surface area contributed by atoms with E-state index in [2.05, 4.69) is 34.1 Å². The summed E-state index contributed by atoms with van der Waals surface area (Å²) in [6.07, 6.45) is 0.184. The number of aliphatic carboxylic acids is 1. The van der Waals surface area contributed by atoms with Gasteiger partial charge in [-0.1, -0.05) is 91.0 Å². The van der Waals surface area contributed by atoms with Gasteiger partial charge in [0.2, 0.25) is 11.5 Å². The van der Waals surface area contributed by atoms with Gasteiger partial charge in [-0.25, -0.2) is 9.78 Å². The smallest absolute Gasteiger partial charge is 0.348 e. The summed E-state index contributed by atoms with van der Waals surface area (Å²) in [4.78, 5) is 26.6. The molecule has 1 N–H and O–H groups in total. The number of hydrogen-bond donors (Lipinski definition) is 1. The van der Waals surface area contributed by atoms with Crippen molar-refractivity contribution in [1.29, 1.82) is 0 Å². The molecule has 0 radical (unpaired) electrons. The van der Waals surface area contributed by atoms with Crippen LogP contribution in [0, 0.1) is 0 Å². The number of aromatic nitrogens is 2. The van der Waals surface area contributed by atoms with Crippen molar-refractivity contribution in [3.63, 3.8) is 0 Å². The molecule has 0 amide bonds. The van der Waals surface area contributed by atoms with E-state index in [9.17, 15) is 9.90 Å². The van der Waals surface area contributed by atoms with Crippen LogP contribution in [-0.2, 0) is 17.8 Å². The van der Waals surface area contributed by atoms with Crippen molar-refractivity contribution < 1.29 is 19.4 Å². The van der Waals surface area contributed by atoms with E-state index < -0.39 is 11.6 Å². The Kier molecular flexibility index (Phi) is 9.03. The molecule has 8 nitrogen and oxygen atoms in total. The number of rotatable bonds is 11. The summed E-state index contributed by atoms with van der Waals surface area (Å²) in [6.45, 7) is 6.07. The maximum atomic E-state index is 12.2. The van der Waals surface area contributed by atoms with Gasteiger partial charge in [-0.05, 0) is 42.3 Å². The average Bonchev–Trinajstić information content (AvgIpc) is 3.07. The van der Waals surface area contributed by atoms with Gasteiger partial charge >= 0.3 is 5.97 Å². The third kappa shape index (κ3) is 7.66. The lowest BCUT2D eigenvalue weighted by molar-refractivity contribution is -0.153. The van der Waals surface area contributed by atoms with Gasteiger partial charge in [-0.2, -0.15) is 4.98 Å². The fraction of sp³-hybridized carbons (Fsp3) is 0.216. The summed E-state index contributed by atoms with van der Waals surface area (Å²) >= 11 is 0. The number of piperazine rings is 1. The van der Waals surface area contributed by atoms with Crippen LogP contribution in [0.1, 0.15) is 18.1 Å². The molecule has 1 unspecified atom stereocenters. The maximum absolute atomic E-state index is 12.2. The van der Waals surface area contributed by atoms with Gasteiger partial charge < -0.3 is 19.5 Å². The van der Waals surface area contributed by atoms with Crippen LogP contribution in [0.25, 0.3) is 11.4 Å². The summed E-state index contributed by atoms with van der Waals surface area (Å²) < 4.78 is 12.2. The van der Waals surface area contributed by atoms with E-state index >= 15 is 0 Å². The van der Waals surface area contributed by atoms with Crippen LogP contribution >= 0.6 is 0 Å². The molecule has 1 saturated heterocycles. The van der Waals surface area contributed by atoms with Crippen LogP contribution in [-0.4, -0.2) is 57.7 Å². The molecule has 228 valence electrons. The number of hydrogen-bond acceptors (Lipinski definition) is 7. The molecule has 0 saturated carbocycles. The van der Waals surface area contributed by atoms with E-state index in [1.165, 1.54) is 5.56 Å². The van der Waals surface area contributed by atoms with Crippen LogP contribution in [0.4, 0.5) is 5.82 Å². The Hall–Kier alpha value is -5.21. The van der Waals surface area contributed by atoms with Crippen LogP contribution in [0.3, 0.4) is 0 Å². The second-order valence-corrected chi connectivity index (χ2v) is 11.4. The number of anilines is 1. The minimum atomic E-state index is -1.43. The Morgan fingerprint density at radius 1 is 0.756 bits per heavy atom. The first-order valence-electron chi connectivity index (χ1n) is 15.1. The number of carbonyl (C=O) groups is 1. The number of carboxylic acid groups (broad SMARTS) is 1. The SMILES string of the molecule is CC(Cc1ccc(Oc2cc(N3CCN(Cc4ccccc4)CC3)nc(-c3ccccc3)n2)cc1)(Oc1ccccc1)C(=O)O. The largest absolute Gasteiger partial charge is 0.478 e. The van der Waals surface area contributed by atoms with Crippen LogP contribution < -0.4 is 14.4 Å². The van der Waals surface area contributed by atoms with Crippen molar-refractivity contribution in [3.8, 4) is 28.8 Å². The van der Waals surface area contributed by atoms with Crippen LogP contribution in [0.15, 0.2) is 121 Å². The number of benzene rings is 4. The van der Waals surface area contributed by atoms with E-state index in [1.54, 1.807) is 19.1 Å². The molecule has 1 fully saturated rings. The number of ether oxygens (including phenoxy) is 2. The standard InChI is InChI=1S/C37H36N4O4/c1-37(36(42)43,45-32-15-9-4-10-16-32)26-28-17-19-31(20-18-28)44-34-25-33(38-35(39-34)30-13-7-3-8-14-30)41-23-21-40(22-24-41)27-29-11-5-2-6-12-29/h2-20,25H,21-24,26-27H2,1H3,(H,42,43). The molecular weight excluding hydrogens is 564 g/mol. The van der Waals surface area contributed by atoms with Gasteiger partial charge in [0.1, 0.15) is 17.3 Å². The average molecular weight is 601 g/mol. The molecule has 45 heavy (non-hydrogen) atoms. The fourth-order valence-corrected chi connectivity index (χ4v) is 5.41. The molecule has 5 aromatic rings. The van der Waals surface area contributed by atoms with Gasteiger partial charge in [0.25, 0.3) is 0 Å². The van der Waals surface area contributed by atoms with E-state index in [-0.39, 0.29) is 6.42 Å². The zero-order valence-corrected chi connectivity index (χ0v) is 25.3. The predicted octanol–water partition coefficient (Wildman–Crippen LogP) is 6.72. The van der Waals surface area contributed by atoms with Crippen molar-refractivity contribution >= 4 is 11.8 Å². The normalized spacial score (nSPS) is 14.8. The van der Waals surface area contributed by atoms with Crippen LogP contribution in [0.2, 0.25) is 0 Å². The van der Waals surface area contributed by atoms with Gasteiger partial charge in [0.15, 0.2) is 5.82 Å². The van der Waals surface area contributed by atoms with E-state index in [4.69, 9.17) is 19.4 Å². The Morgan fingerprint density at radius 3 is 2.02 bits per heavy atom. The highest BCUT2D eigenvalue weighted by molar-refractivity contribution is 5.78. The molecule has 1 atom stereocenters. The molecule has 6 rings (SSSR count). The Bertz CT molecular complexity index is 1690. The maximum Gasteiger partial charge on any atom is 0.348 e. The molecule has 0 spiro atoms. The Morgan fingerprint density at radius 2 is 1.38 bits per heavy atom. The zero-order valence-electron chi connectivity index (χ0n) is 25.3. The monoisotopic (exact) mass is 600 g/mol. The number of carboxylic acids is 1. The second-order valence-electron chi connectivity index (χ2n) is 11.4. The van der Waals surface area contributed by atoms with Crippen molar-refractivity contribution in [3.05, 3.63) is 132 Å². The lowest BCUT2D eigenvalue weighted by Crippen LogP contribution is -2.46. The topological polar surface area (TPSA) is 88.0 Å². The minimum absolute atomic E-state index is 0.184. The van der Waals surface area contributed by atoms with Gasteiger partial charge in [0, 0.05) is 50.8 Å². The number of para-hydroxylation sites is 1. The quantitative estimate of drug-likeness (QED) is 0.179. The van der Waals surface area contributed by atoms with Gasteiger partial charge in [0.05, 0.1) is 0 Å². The first kappa shape index (κ1) is 29.8. The summed E-state index contributed by atoms with van der Waals surface area (Å²) in [7, 11) is 0. The summed E-state index contributed by atoms with van der Waals surface area (Å²) in [5.74, 6) is 1.94. The molecule has 4 aromatic carbocycles. The van der Waals surface area contributed by atoms with E-state index in [0.717, 1.165) is 49.7 Å². The highest BCUT2D eigenvalue weighted by Gasteiger charge is 2.36. The van der Waals surface area contributed by atoms with E-state index in [0.29, 0.717) is 23.2 Å². The van der Waals surface area contributed by atoms with E-state index in [1.807, 2.05) is 84.9 Å². The molecule has 2 heterocycles. The number of nitrogens with zero attached hydrogens (tertiary/aromatic N) is 4. The molecule has 0 bridgehead atoms. The van der Waals surface area contributed by atoms with Crippen molar-refractivity contribution in [1.82, 2.24) is 14.9 Å². The van der Waals surface area contributed by atoms with Crippen molar-refractivity contribution in [2.24, 2.45) is 0 Å². The molecule has 1 aliphatic heterocycles. The molecule has 1 aromatic heterocycles. The summed E-state index contributed by atoms with van der Waals surface area (Å²) in [5.41, 5.74) is 1.61. The zero-order chi connectivity index (χ0) is 31.1. The molecular formula is C37H36N4O4. The molecule has 1 aliphatic rings.